The summed E-state index contributed by atoms with van der Waals surface area (Å²) in [5.41, 5.74) is 1.46. The van der Waals surface area contributed by atoms with E-state index in [1.165, 1.54) is 0 Å². The summed E-state index contributed by atoms with van der Waals surface area (Å²) < 4.78 is 5.32. The lowest BCUT2D eigenvalue weighted by molar-refractivity contribution is 0.0240. The predicted octanol–water partition coefficient (Wildman–Crippen LogP) is 2.04. The van der Waals surface area contributed by atoms with E-state index in [9.17, 15) is 4.79 Å². The molecule has 0 aromatic carbocycles. The third-order valence-electron chi connectivity index (χ3n) is 2.43. The molecule has 17 heavy (non-hydrogen) atoms. The Labute approximate surface area is 101 Å². The normalized spacial score (nSPS) is 14.7. The second kappa shape index (κ2) is 3.98. The first-order valence-corrected chi connectivity index (χ1v) is 5.64. The number of aromatic nitrogens is 2. The quantitative estimate of drug-likeness (QED) is 0.690. The van der Waals surface area contributed by atoms with Crippen LogP contribution in [0.4, 0.5) is 4.79 Å². The molecule has 0 N–H and O–H groups in total. The lowest BCUT2D eigenvalue weighted by atomic mass is 10.2. The summed E-state index contributed by atoms with van der Waals surface area (Å²) in [7, 11) is 0. The van der Waals surface area contributed by atoms with Crippen molar-refractivity contribution >= 4 is 6.09 Å². The summed E-state index contributed by atoms with van der Waals surface area (Å²) in [5.74, 6) is 0.731. The van der Waals surface area contributed by atoms with Crippen LogP contribution in [0.1, 0.15) is 37.9 Å². The van der Waals surface area contributed by atoms with Crippen molar-refractivity contribution in [3.63, 3.8) is 0 Å². The van der Waals surface area contributed by atoms with Crippen molar-refractivity contribution in [1.82, 2.24) is 14.9 Å². The second-order valence-corrected chi connectivity index (χ2v) is 5.23. The van der Waals surface area contributed by atoms with Crippen molar-refractivity contribution in [2.45, 2.75) is 46.4 Å². The molecule has 0 atom stereocenters. The molecule has 5 heteroatoms. The summed E-state index contributed by atoms with van der Waals surface area (Å²) >= 11 is 0. The third-order valence-corrected chi connectivity index (χ3v) is 2.43. The molecule has 0 bridgehead atoms. The number of rotatable bonds is 0. The Morgan fingerprint density at radius 2 is 2.12 bits per heavy atom. The molecule has 2 rings (SSSR count). The molecule has 1 aliphatic rings. The fourth-order valence-corrected chi connectivity index (χ4v) is 1.71. The van der Waals surface area contributed by atoms with Gasteiger partial charge in [0.2, 0.25) is 0 Å². The van der Waals surface area contributed by atoms with Crippen molar-refractivity contribution in [3.05, 3.63) is 23.3 Å². The van der Waals surface area contributed by atoms with Crippen LogP contribution in [0.5, 0.6) is 0 Å². The monoisotopic (exact) mass is 235 g/mol. The second-order valence-electron chi connectivity index (χ2n) is 5.23. The maximum absolute atomic E-state index is 11.9. The lowest BCUT2D eigenvalue weighted by Gasteiger charge is -2.23. The van der Waals surface area contributed by atoms with Gasteiger partial charge in [0, 0.05) is 11.8 Å². The first kappa shape index (κ1) is 11.8. The molecule has 1 aromatic rings. The summed E-state index contributed by atoms with van der Waals surface area (Å²) in [6, 6.07) is 0. The largest absolute Gasteiger partial charge is 0.444 e. The maximum atomic E-state index is 11.9. The predicted molar refractivity (Wildman–Crippen MR) is 62.3 cm³/mol. The van der Waals surface area contributed by atoms with Crippen molar-refractivity contribution < 1.29 is 9.53 Å². The molecule has 5 nitrogen and oxygen atoms in total. The van der Waals surface area contributed by atoms with Crippen LogP contribution in [0.2, 0.25) is 0 Å². The Balaban J connectivity index is 2.07. The van der Waals surface area contributed by atoms with Gasteiger partial charge in [-0.25, -0.2) is 14.8 Å². The van der Waals surface area contributed by atoms with Crippen LogP contribution in [0.25, 0.3) is 0 Å². The number of nitrogens with zero attached hydrogens (tertiary/aromatic N) is 3. The highest BCUT2D eigenvalue weighted by Crippen LogP contribution is 2.22. The van der Waals surface area contributed by atoms with E-state index < -0.39 is 5.60 Å². The number of fused-ring (bicyclic) bond motifs is 1. The molecule has 1 aliphatic heterocycles. The molecule has 92 valence electrons. The first-order chi connectivity index (χ1) is 7.85. The van der Waals surface area contributed by atoms with E-state index >= 15 is 0 Å². The van der Waals surface area contributed by atoms with Gasteiger partial charge in [-0.1, -0.05) is 0 Å². The van der Waals surface area contributed by atoms with Gasteiger partial charge in [0.1, 0.15) is 11.4 Å². The molecular weight excluding hydrogens is 218 g/mol. The van der Waals surface area contributed by atoms with Gasteiger partial charge in [-0.15, -0.1) is 0 Å². The molecule has 0 unspecified atom stereocenters. The van der Waals surface area contributed by atoms with E-state index in [1.807, 2.05) is 27.7 Å². The van der Waals surface area contributed by atoms with Crippen LogP contribution in [0, 0.1) is 6.92 Å². The Bertz CT molecular complexity index is 452. The SMILES string of the molecule is Cc1ncc2c(n1)CN(C(=O)OC(C)(C)C)C2. The average Bonchev–Trinajstić information content (AvgIpc) is 2.57. The summed E-state index contributed by atoms with van der Waals surface area (Å²) in [4.78, 5) is 22.0. The van der Waals surface area contributed by atoms with E-state index in [2.05, 4.69) is 9.97 Å². The van der Waals surface area contributed by atoms with Crippen molar-refractivity contribution in [1.29, 1.82) is 0 Å². The van der Waals surface area contributed by atoms with Gasteiger partial charge in [0.05, 0.1) is 18.8 Å². The number of carbonyl (C=O) groups is 1. The molecular formula is C12H17N3O2. The van der Waals surface area contributed by atoms with Gasteiger partial charge in [0.25, 0.3) is 0 Å². The van der Waals surface area contributed by atoms with Crippen LogP contribution in [0.3, 0.4) is 0 Å². The van der Waals surface area contributed by atoms with Crippen LogP contribution in [0.15, 0.2) is 6.20 Å². The van der Waals surface area contributed by atoms with Crippen molar-refractivity contribution in [2.24, 2.45) is 0 Å². The molecule has 0 aliphatic carbocycles. The minimum absolute atomic E-state index is 0.298. The molecule has 0 saturated heterocycles. The Morgan fingerprint density at radius 1 is 1.41 bits per heavy atom. The topological polar surface area (TPSA) is 55.3 Å². The van der Waals surface area contributed by atoms with Crippen LogP contribution in [-0.2, 0) is 17.8 Å². The number of carbonyl (C=O) groups excluding carboxylic acids is 1. The zero-order valence-electron chi connectivity index (χ0n) is 10.6. The third kappa shape index (κ3) is 2.72. The number of hydrogen-bond acceptors (Lipinski definition) is 4. The Hall–Kier alpha value is -1.65. The molecule has 0 spiro atoms. The standard InChI is InChI=1S/C12H17N3O2/c1-8-13-5-9-6-15(7-10(9)14-8)11(16)17-12(2,3)4/h5H,6-7H2,1-4H3. The average molecular weight is 235 g/mol. The molecule has 2 heterocycles. The van der Waals surface area contributed by atoms with E-state index in [1.54, 1.807) is 11.1 Å². The Kier molecular flexibility index (Phi) is 2.77. The minimum Gasteiger partial charge on any atom is -0.444 e. The van der Waals surface area contributed by atoms with E-state index in [0.29, 0.717) is 13.1 Å². The number of hydrogen-bond donors (Lipinski definition) is 0. The fraction of sp³-hybridized carbons (Fsp3) is 0.583. The molecule has 1 aromatic heterocycles. The van der Waals surface area contributed by atoms with E-state index in [4.69, 9.17) is 4.74 Å². The highest BCUT2D eigenvalue weighted by Gasteiger charge is 2.28. The fourth-order valence-electron chi connectivity index (χ4n) is 1.71. The van der Waals surface area contributed by atoms with Gasteiger partial charge in [0.15, 0.2) is 0 Å². The van der Waals surface area contributed by atoms with Crippen LogP contribution in [-0.4, -0.2) is 26.6 Å². The molecule has 1 amide bonds. The van der Waals surface area contributed by atoms with E-state index in [-0.39, 0.29) is 6.09 Å². The Morgan fingerprint density at radius 3 is 2.76 bits per heavy atom. The molecule has 0 fully saturated rings. The van der Waals surface area contributed by atoms with Gasteiger partial charge in [-0.05, 0) is 27.7 Å². The van der Waals surface area contributed by atoms with Crippen molar-refractivity contribution in [3.8, 4) is 0 Å². The van der Waals surface area contributed by atoms with Crippen LogP contribution < -0.4 is 0 Å². The van der Waals surface area contributed by atoms with Gasteiger partial charge in [-0.2, -0.15) is 0 Å². The van der Waals surface area contributed by atoms with Crippen molar-refractivity contribution in [2.75, 3.05) is 0 Å². The summed E-state index contributed by atoms with van der Waals surface area (Å²) in [6.45, 7) is 8.46. The zero-order chi connectivity index (χ0) is 12.6. The number of amides is 1. The smallest absolute Gasteiger partial charge is 0.410 e. The lowest BCUT2D eigenvalue weighted by Crippen LogP contribution is -2.33. The van der Waals surface area contributed by atoms with Gasteiger partial charge in [-0.3, -0.25) is 4.90 Å². The molecule has 0 saturated carbocycles. The first-order valence-electron chi connectivity index (χ1n) is 5.64. The summed E-state index contributed by atoms with van der Waals surface area (Å²) in [5, 5.41) is 0. The highest BCUT2D eigenvalue weighted by atomic mass is 16.6. The number of aryl methyl sites for hydroxylation is 1. The van der Waals surface area contributed by atoms with E-state index in [0.717, 1.165) is 17.1 Å². The van der Waals surface area contributed by atoms with Gasteiger partial charge >= 0.3 is 6.09 Å². The molecule has 0 radical (unpaired) electrons. The zero-order valence-corrected chi connectivity index (χ0v) is 10.6. The minimum atomic E-state index is -0.465. The van der Waals surface area contributed by atoms with Crippen LogP contribution >= 0.6 is 0 Å². The summed E-state index contributed by atoms with van der Waals surface area (Å²) in [6.07, 6.45) is 1.48. The maximum Gasteiger partial charge on any atom is 0.410 e. The highest BCUT2D eigenvalue weighted by molar-refractivity contribution is 5.69. The van der Waals surface area contributed by atoms with Gasteiger partial charge < -0.3 is 4.74 Å². The number of ether oxygens (including phenoxy) is 1.